The fourth-order valence-electron chi connectivity index (χ4n) is 1.58. The molecule has 0 saturated heterocycles. The second-order valence-corrected chi connectivity index (χ2v) is 5.19. The highest BCUT2D eigenvalue weighted by Gasteiger charge is 2.12. The summed E-state index contributed by atoms with van der Waals surface area (Å²) in [5, 5.41) is 1.78. The van der Waals surface area contributed by atoms with E-state index in [4.69, 9.17) is 23.2 Å². The molecule has 0 amide bonds. The molecule has 1 nitrogen and oxygen atoms in total. The molecule has 0 fully saturated rings. The van der Waals surface area contributed by atoms with Crippen molar-refractivity contribution in [2.45, 2.75) is 5.33 Å². The SMILES string of the molecule is O=C(c1ccc(Cl)cc1)c1ccc(CBr)cc1Cl. The molecule has 2 aromatic rings. The number of carbonyl (C=O) groups is 1. The first-order valence-corrected chi connectivity index (χ1v) is 7.14. The van der Waals surface area contributed by atoms with E-state index in [2.05, 4.69) is 15.9 Å². The van der Waals surface area contributed by atoms with Crippen LogP contribution in [0.4, 0.5) is 0 Å². The van der Waals surface area contributed by atoms with Gasteiger partial charge in [-0.3, -0.25) is 4.79 Å². The Morgan fingerprint density at radius 1 is 1.06 bits per heavy atom. The van der Waals surface area contributed by atoms with Crippen LogP contribution in [0.5, 0.6) is 0 Å². The van der Waals surface area contributed by atoms with Crippen molar-refractivity contribution in [2.24, 2.45) is 0 Å². The quantitative estimate of drug-likeness (QED) is 0.558. The molecule has 92 valence electrons. The van der Waals surface area contributed by atoms with E-state index >= 15 is 0 Å². The maximum absolute atomic E-state index is 12.2. The van der Waals surface area contributed by atoms with Crippen LogP contribution >= 0.6 is 39.1 Å². The summed E-state index contributed by atoms with van der Waals surface area (Å²) in [7, 11) is 0. The molecule has 0 aliphatic rings. The first-order chi connectivity index (χ1) is 8.61. The highest BCUT2D eigenvalue weighted by Crippen LogP contribution is 2.23. The van der Waals surface area contributed by atoms with Crippen molar-refractivity contribution in [3.8, 4) is 0 Å². The molecule has 0 unspecified atom stereocenters. The molecule has 0 bridgehead atoms. The molecular formula is C14H9BrCl2O. The number of carbonyl (C=O) groups excluding carboxylic acids is 1. The lowest BCUT2D eigenvalue weighted by Crippen LogP contribution is -2.02. The maximum atomic E-state index is 12.2. The molecule has 0 N–H and O–H groups in total. The predicted molar refractivity (Wildman–Crippen MR) is 79.0 cm³/mol. The van der Waals surface area contributed by atoms with Gasteiger partial charge in [0.2, 0.25) is 0 Å². The van der Waals surface area contributed by atoms with Crippen LogP contribution in [-0.2, 0) is 5.33 Å². The van der Waals surface area contributed by atoms with Gasteiger partial charge in [0, 0.05) is 21.5 Å². The predicted octanol–water partition coefficient (Wildman–Crippen LogP) is 5.12. The lowest BCUT2D eigenvalue weighted by Gasteiger charge is -2.05. The first-order valence-electron chi connectivity index (χ1n) is 5.26. The highest BCUT2D eigenvalue weighted by atomic mass is 79.9. The lowest BCUT2D eigenvalue weighted by atomic mass is 10.0. The Hall–Kier alpha value is -0.830. The second kappa shape index (κ2) is 5.87. The van der Waals surface area contributed by atoms with E-state index in [0.717, 1.165) is 5.56 Å². The van der Waals surface area contributed by atoms with Crippen LogP contribution in [-0.4, -0.2) is 5.78 Å². The zero-order chi connectivity index (χ0) is 13.1. The van der Waals surface area contributed by atoms with Gasteiger partial charge in [-0.15, -0.1) is 0 Å². The molecule has 18 heavy (non-hydrogen) atoms. The number of alkyl halides is 1. The summed E-state index contributed by atoms with van der Waals surface area (Å²) in [4.78, 5) is 12.2. The molecule has 2 aromatic carbocycles. The van der Waals surface area contributed by atoms with Gasteiger partial charge in [-0.05, 0) is 42.0 Å². The summed E-state index contributed by atoms with van der Waals surface area (Å²) >= 11 is 15.3. The van der Waals surface area contributed by atoms with Gasteiger partial charge in [-0.1, -0.05) is 45.2 Å². The van der Waals surface area contributed by atoms with Crippen LogP contribution in [0.3, 0.4) is 0 Å². The third kappa shape index (κ3) is 2.94. The number of halogens is 3. The van der Waals surface area contributed by atoms with Gasteiger partial charge in [-0.2, -0.15) is 0 Å². The average Bonchev–Trinajstić information content (AvgIpc) is 2.38. The standard InChI is InChI=1S/C14H9BrCl2O/c15-8-9-1-6-12(13(17)7-9)14(18)10-2-4-11(16)5-3-10/h1-7H,8H2. The van der Waals surface area contributed by atoms with Crippen molar-refractivity contribution in [1.29, 1.82) is 0 Å². The van der Waals surface area contributed by atoms with Crippen molar-refractivity contribution in [3.63, 3.8) is 0 Å². The van der Waals surface area contributed by atoms with E-state index in [0.29, 0.717) is 26.5 Å². The van der Waals surface area contributed by atoms with Crippen LogP contribution in [0.2, 0.25) is 10.0 Å². The van der Waals surface area contributed by atoms with Crippen molar-refractivity contribution in [2.75, 3.05) is 0 Å². The second-order valence-electron chi connectivity index (χ2n) is 3.78. The molecule has 0 aliphatic carbocycles. The monoisotopic (exact) mass is 342 g/mol. The Labute approximate surface area is 124 Å². The molecule has 0 spiro atoms. The number of rotatable bonds is 3. The third-order valence-electron chi connectivity index (χ3n) is 2.54. The number of hydrogen-bond donors (Lipinski definition) is 0. The molecule has 4 heteroatoms. The number of ketones is 1. The molecule has 0 radical (unpaired) electrons. The van der Waals surface area contributed by atoms with Gasteiger partial charge in [-0.25, -0.2) is 0 Å². The zero-order valence-electron chi connectivity index (χ0n) is 9.29. The van der Waals surface area contributed by atoms with Crippen molar-refractivity contribution in [1.82, 2.24) is 0 Å². The van der Waals surface area contributed by atoms with E-state index < -0.39 is 0 Å². The van der Waals surface area contributed by atoms with E-state index in [1.807, 2.05) is 6.07 Å². The van der Waals surface area contributed by atoms with Gasteiger partial charge in [0.25, 0.3) is 0 Å². The molecule has 0 aliphatic heterocycles. The molecule has 0 atom stereocenters. The molecule has 2 rings (SSSR count). The van der Waals surface area contributed by atoms with E-state index in [9.17, 15) is 4.79 Å². The Balaban J connectivity index is 2.37. The van der Waals surface area contributed by atoms with E-state index in [1.54, 1.807) is 36.4 Å². The van der Waals surface area contributed by atoms with Crippen molar-refractivity contribution < 1.29 is 4.79 Å². The number of benzene rings is 2. The summed E-state index contributed by atoms with van der Waals surface area (Å²) in [6.07, 6.45) is 0. The first kappa shape index (κ1) is 13.6. The summed E-state index contributed by atoms with van der Waals surface area (Å²) in [6, 6.07) is 12.2. The topological polar surface area (TPSA) is 17.1 Å². The van der Waals surface area contributed by atoms with Gasteiger partial charge in [0.15, 0.2) is 5.78 Å². The van der Waals surface area contributed by atoms with Gasteiger partial charge in [0.05, 0.1) is 5.02 Å². The zero-order valence-corrected chi connectivity index (χ0v) is 12.4. The van der Waals surface area contributed by atoms with Crippen LogP contribution < -0.4 is 0 Å². The highest BCUT2D eigenvalue weighted by molar-refractivity contribution is 9.08. The van der Waals surface area contributed by atoms with Crippen molar-refractivity contribution in [3.05, 3.63) is 69.2 Å². The fraction of sp³-hybridized carbons (Fsp3) is 0.0714. The van der Waals surface area contributed by atoms with E-state index in [-0.39, 0.29) is 5.78 Å². The summed E-state index contributed by atoms with van der Waals surface area (Å²) < 4.78 is 0. The summed E-state index contributed by atoms with van der Waals surface area (Å²) in [5.41, 5.74) is 2.12. The minimum absolute atomic E-state index is 0.0993. The van der Waals surface area contributed by atoms with Crippen LogP contribution in [0.15, 0.2) is 42.5 Å². The minimum atomic E-state index is -0.0993. The van der Waals surface area contributed by atoms with Gasteiger partial charge in [0.1, 0.15) is 0 Å². The Bertz CT molecular complexity index is 579. The van der Waals surface area contributed by atoms with Crippen LogP contribution in [0, 0.1) is 0 Å². The third-order valence-corrected chi connectivity index (χ3v) is 3.75. The smallest absolute Gasteiger partial charge is 0.194 e. The Morgan fingerprint density at radius 2 is 1.72 bits per heavy atom. The van der Waals surface area contributed by atoms with Gasteiger partial charge >= 0.3 is 0 Å². The van der Waals surface area contributed by atoms with Crippen molar-refractivity contribution >= 4 is 44.9 Å². The van der Waals surface area contributed by atoms with Crippen LogP contribution in [0.25, 0.3) is 0 Å². The lowest BCUT2D eigenvalue weighted by molar-refractivity contribution is 0.103. The van der Waals surface area contributed by atoms with E-state index in [1.165, 1.54) is 0 Å². The maximum Gasteiger partial charge on any atom is 0.194 e. The molecular weight excluding hydrogens is 335 g/mol. The largest absolute Gasteiger partial charge is 0.289 e. The minimum Gasteiger partial charge on any atom is -0.289 e. The average molecular weight is 344 g/mol. The Kier molecular flexibility index (Phi) is 4.44. The summed E-state index contributed by atoms with van der Waals surface area (Å²) in [5.74, 6) is -0.0993. The van der Waals surface area contributed by atoms with Crippen LogP contribution in [0.1, 0.15) is 21.5 Å². The Morgan fingerprint density at radius 3 is 2.28 bits per heavy atom. The molecule has 0 aromatic heterocycles. The molecule has 0 saturated carbocycles. The van der Waals surface area contributed by atoms with Gasteiger partial charge < -0.3 is 0 Å². The summed E-state index contributed by atoms with van der Waals surface area (Å²) in [6.45, 7) is 0. The molecule has 0 heterocycles. The normalized spacial score (nSPS) is 10.4. The number of hydrogen-bond acceptors (Lipinski definition) is 1. The fourth-order valence-corrected chi connectivity index (χ4v) is 2.35.